The molecule has 0 radical (unpaired) electrons. The Kier molecular flexibility index (Phi) is 2.74. The maximum atomic E-state index is 11.3. The number of carboxylic acids is 1. The van der Waals surface area contributed by atoms with Crippen molar-refractivity contribution in [2.75, 3.05) is 4.90 Å². The first-order valence-corrected chi connectivity index (χ1v) is 5.30. The van der Waals surface area contributed by atoms with Crippen molar-refractivity contribution < 1.29 is 14.7 Å². The second-order valence-electron chi connectivity index (χ2n) is 4.13. The third-order valence-corrected chi connectivity index (χ3v) is 2.99. The van der Waals surface area contributed by atoms with Crippen LogP contribution in [0.3, 0.4) is 0 Å². The average Bonchev–Trinajstić information content (AvgIpc) is 2.81. The minimum absolute atomic E-state index is 0.415. The molecule has 3 N–H and O–H groups in total. The Hall–Kier alpha value is -2.05. The van der Waals surface area contributed by atoms with Crippen LogP contribution < -0.4 is 10.6 Å². The lowest BCUT2D eigenvalue weighted by Gasteiger charge is -2.26. The smallest absolute Gasteiger partial charge is 0.326 e. The second kappa shape index (κ2) is 4.08. The second-order valence-corrected chi connectivity index (χ2v) is 4.13. The molecule has 7 heteroatoms. The van der Waals surface area contributed by atoms with Gasteiger partial charge in [0.2, 0.25) is 5.91 Å². The van der Waals surface area contributed by atoms with Crippen LogP contribution in [-0.4, -0.2) is 38.8 Å². The largest absolute Gasteiger partial charge is 0.480 e. The van der Waals surface area contributed by atoms with E-state index in [-0.39, 0.29) is 0 Å². The number of aromatic nitrogens is 2. The minimum atomic E-state index is -0.947. The van der Waals surface area contributed by atoms with Crippen LogP contribution in [-0.2, 0) is 16.6 Å². The summed E-state index contributed by atoms with van der Waals surface area (Å²) in [6.45, 7) is 0. The molecule has 92 valence electrons. The van der Waals surface area contributed by atoms with Crippen LogP contribution in [0.25, 0.3) is 0 Å². The quantitative estimate of drug-likeness (QED) is 0.727. The SMILES string of the molecule is Cn1cc(N2[C@@H](C(N)=O)CC[C@@H]2C(=O)O)cn1. The van der Waals surface area contributed by atoms with Crippen molar-refractivity contribution in [3.05, 3.63) is 12.4 Å². The van der Waals surface area contributed by atoms with Crippen LogP contribution in [0.15, 0.2) is 12.4 Å². The lowest BCUT2D eigenvalue weighted by atomic mass is 10.2. The predicted octanol–water partition coefficient (Wildman–Crippen LogP) is -0.673. The van der Waals surface area contributed by atoms with E-state index in [0.717, 1.165) is 0 Å². The summed E-state index contributed by atoms with van der Waals surface area (Å²) in [6.07, 6.45) is 4.09. The summed E-state index contributed by atoms with van der Waals surface area (Å²) >= 11 is 0. The molecule has 17 heavy (non-hydrogen) atoms. The Morgan fingerprint density at radius 2 is 2.12 bits per heavy atom. The molecule has 0 unspecified atom stereocenters. The van der Waals surface area contributed by atoms with E-state index in [0.29, 0.717) is 18.5 Å². The first-order valence-electron chi connectivity index (χ1n) is 5.30. The molecule has 0 saturated carbocycles. The summed E-state index contributed by atoms with van der Waals surface area (Å²) < 4.78 is 1.56. The molecule has 1 saturated heterocycles. The van der Waals surface area contributed by atoms with Crippen molar-refractivity contribution in [2.45, 2.75) is 24.9 Å². The van der Waals surface area contributed by atoms with Crippen LogP contribution in [0.5, 0.6) is 0 Å². The first kappa shape index (κ1) is 11.4. The Morgan fingerprint density at radius 1 is 1.47 bits per heavy atom. The number of rotatable bonds is 3. The number of nitrogens with two attached hydrogens (primary N) is 1. The molecule has 0 aromatic carbocycles. The van der Waals surface area contributed by atoms with Gasteiger partial charge in [-0.15, -0.1) is 0 Å². The van der Waals surface area contributed by atoms with Gasteiger partial charge < -0.3 is 15.7 Å². The highest BCUT2D eigenvalue weighted by molar-refractivity contribution is 5.89. The number of hydrogen-bond donors (Lipinski definition) is 2. The molecule has 0 aliphatic carbocycles. The Bertz CT molecular complexity index is 434. The molecule has 1 fully saturated rings. The van der Waals surface area contributed by atoms with Gasteiger partial charge in [0.1, 0.15) is 12.1 Å². The molecular weight excluding hydrogens is 224 g/mol. The van der Waals surface area contributed by atoms with Crippen LogP contribution in [0.2, 0.25) is 0 Å². The summed E-state index contributed by atoms with van der Waals surface area (Å²) in [5, 5.41) is 13.1. The summed E-state index contributed by atoms with van der Waals surface area (Å²) in [5.74, 6) is -1.45. The highest BCUT2D eigenvalue weighted by Gasteiger charge is 2.41. The van der Waals surface area contributed by atoms with Crippen molar-refractivity contribution in [1.29, 1.82) is 0 Å². The maximum absolute atomic E-state index is 11.3. The van der Waals surface area contributed by atoms with Gasteiger partial charge in [-0.1, -0.05) is 0 Å². The van der Waals surface area contributed by atoms with Gasteiger partial charge in [-0.2, -0.15) is 5.10 Å². The van der Waals surface area contributed by atoms with E-state index < -0.39 is 24.0 Å². The number of carbonyl (C=O) groups excluding carboxylic acids is 1. The number of aryl methyl sites for hydroxylation is 1. The molecule has 1 aromatic rings. The maximum Gasteiger partial charge on any atom is 0.326 e. The Labute approximate surface area is 97.8 Å². The molecule has 1 aliphatic heterocycles. The van der Waals surface area contributed by atoms with Gasteiger partial charge in [-0.25, -0.2) is 4.79 Å². The van der Waals surface area contributed by atoms with E-state index >= 15 is 0 Å². The van der Waals surface area contributed by atoms with Gasteiger partial charge in [-0.3, -0.25) is 9.48 Å². The van der Waals surface area contributed by atoms with Crippen molar-refractivity contribution in [3.8, 4) is 0 Å². The van der Waals surface area contributed by atoms with E-state index in [2.05, 4.69) is 5.10 Å². The molecule has 0 bridgehead atoms. The van der Waals surface area contributed by atoms with Gasteiger partial charge >= 0.3 is 5.97 Å². The average molecular weight is 238 g/mol. The topological polar surface area (TPSA) is 101 Å². The monoisotopic (exact) mass is 238 g/mol. The van der Waals surface area contributed by atoms with Crippen molar-refractivity contribution in [2.24, 2.45) is 12.8 Å². The molecule has 1 amide bonds. The summed E-state index contributed by atoms with van der Waals surface area (Å²) in [4.78, 5) is 24.0. The fourth-order valence-corrected chi connectivity index (χ4v) is 2.23. The van der Waals surface area contributed by atoms with E-state index in [9.17, 15) is 9.59 Å². The molecule has 2 atom stereocenters. The minimum Gasteiger partial charge on any atom is -0.480 e. The number of amides is 1. The van der Waals surface area contributed by atoms with Gasteiger partial charge in [0.25, 0.3) is 0 Å². The third kappa shape index (κ3) is 1.95. The number of nitrogens with zero attached hydrogens (tertiary/aromatic N) is 3. The van der Waals surface area contributed by atoms with Crippen LogP contribution in [0, 0.1) is 0 Å². The van der Waals surface area contributed by atoms with Crippen LogP contribution in [0.4, 0.5) is 5.69 Å². The van der Waals surface area contributed by atoms with E-state index in [1.54, 1.807) is 17.9 Å². The molecule has 1 aliphatic rings. The highest BCUT2D eigenvalue weighted by Crippen LogP contribution is 2.30. The van der Waals surface area contributed by atoms with Crippen LogP contribution in [0.1, 0.15) is 12.8 Å². The zero-order valence-corrected chi connectivity index (χ0v) is 9.41. The van der Waals surface area contributed by atoms with Crippen molar-refractivity contribution in [1.82, 2.24) is 9.78 Å². The molecular formula is C10H14N4O3. The zero-order chi connectivity index (χ0) is 12.6. The van der Waals surface area contributed by atoms with E-state index in [1.807, 2.05) is 0 Å². The lowest BCUT2D eigenvalue weighted by Crippen LogP contribution is -2.46. The fraction of sp³-hybridized carbons (Fsp3) is 0.500. The van der Waals surface area contributed by atoms with Crippen molar-refractivity contribution >= 4 is 17.6 Å². The third-order valence-electron chi connectivity index (χ3n) is 2.99. The Balaban J connectivity index is 2.35. The number of hydrogen-bond acceptors (Lipinski definition) is 4. The highest BCUT2D eigenvalue weighted by atomic mass is 16.4. The van der Waals surface area contributed by atoms with Gasteiger partial charge in [0.15, 0.2) is 0 Å². The van der Waals surface area contributed by atoms with Gasteiger partial charge in [0, 0.05) is 13.2 Å². The van der Waals surface area contributed by atoms with Gasteiger partial charge in [0.05, 0.1) is 11.9 Å². The number of primary amides is 1. The number of carbonyl (C=O) groups is 2. The van der Waals surface area contributed by atoms with Gasteiger partial charge in [-0.05, 0) is 12.8 Å². The van der Waals surface area contributed by atoms with E-state index in [1.165, 1.54) is 11.1 Å². The van der Waals surface area contributed by atoms with Crippen LogP contribution >= 0.6 is 0 Å². The van der Waals surface area contributed by atoms with E-state index in [4.69, 9.17) is 10.8 Å². The standard InChI is InChI=1S/C10H14N4O3/c1-13-5-6(4-12-13)14-7(9(11)15)2-3-8(14)10(16)17/h4-5,7-8H,2-3H2,1H3,(H2,11,15)(H,16,17)/t7-,8-/m1/s1. The summed E-state index contributed by atoms with van der Waals surface area (Å²) in [5.41, 5.74) is 5.91. The Morgan fingerprint density at radius 3 is 2.59 bits per heavy atom. The molecule has 1 aromatic heterocycles. The molecule has 0 spiro atoms. The number of anilines is 1. The lowest BCUT2D eigenvalue weighted by molar-refractivity contribution is -0.138. The number of aliphatic carboxylic acids is 1. The summed E-state index contributed by atoms with van der Waals surface area (Å²) in [6, 6.07) is -1.28. The zero-order valence-electron chi connectivity index (χ0n) is 9.41. The molecule has 2 heterocycles. The fourth-order valence-electron chi connectivity index (χ4n) is 2.23. The van der Waals surface area contributed by atoms with Crippen molar-refractivity contribution in [3.63, 3.8) is 0 Å². The normalized spacial score (nSPS) is 23.9. The molecule has 7 nitrogen and oxygen atoms in total. The molecule has 2 rings (SSSR count). The number of carboxylic acid groups (broad SMARTS) is 1. The predicted molar refractivity (Wildman–Crippen MR) is 59.3 cm³/mol. The first-order chi connectivity index (χ1) is 8.00. The summed E-state index contributed by atoms with van der Waals surface area (Å²) in [7, 11) is 1.73.